The number of rotatable bonds is 6. The Morgan fingerprint density at radius 3 is 2.70 bits per heavy atom. The predicted octanol–water partition coefficient (Wildman–Crippen LogP) is 2.15. The van der Waals surface area contributed by atoms with E-state index in [0.29, 0.717) is 6.04 Å². The Hall–Kier alpha value is -2.38. The Labute approximate surface area is 161 Å². The van der Waals surface area contributed by atoms with Crippen molar-refractivity contribution in [1.82, 2.24) is 30.4 Å². The summed E-state index contributed by atoms with van der Waals surface area (Å²) in [6.07, 6.45) is 8.42. The van der Waals surface area contributed by atoms with Crippen molar-refractivity contribution >= 4 is 22.8 Å². The number of hydrogen-bond acceptors (Lipinski definition) is 5. The number of guanidine groups is 1. The Bertz CT molecular complexity index is 758. The normalized spacial score (nSPS) is 20.9. The van der Waals surface area contributed by atoms with Crippen LogP contribution in [0.2, 0.25) is 0 Å². The summed E-state index contributed by atoms with van der Waals surface area (Å²) in [7, 11) is 3.71. The van der Waals surface area contributed by atoms with E-state index in [1.165, 1.54) is 25.7 Å². The zero-order valence-electron chi connectivity index (χ0n) is 16.9. The third kappa shape index (κ3) is 4.87. The highest BCUT2D eigenvalue weighted by Gasteiger charge is 2.23. The van der Waals surface area contributed by atoms with Gasteiger partial charge in [-0.25, -0.2) is 9.97 Å². The number of hydrogen-bond donors (Lipinski definition) is 3. The number of aliphatic imine (C=N–C) groups is 1. The second-order valence-electron chi connectivity index (χ2n) is 7.65. The summed E-state index contributed by atoms with van der Waals surface area (Å²) >= 11 is 0. The van der Waals surface area contributed by atoms with Crippen molar-refractivity contribution in [1.29, 1.82) is 0 Å². The maximum atomic E-state index is 4.36. The first kappa shape index (κ1) is 19.4. The number of nitrogens with zero attached hydrogens (tertiary/aromatic N) is 5. The molecule has 27 heavy (non-hydrogen) atoms. The van der Waals surface area contributed by atoms with Gasteiger partial charge in [-0.1, -0.05) is 13.8 Å². The second kappa shape index (κ2) is 9.01. The summed E-state index contributed by atoms with van der Waals surface area (Å²) in [6.45, 7) is 6.17. The molecule has 0 radical (unpaired) electrons. The van der Waals surface area contributed by atoms with Gasteiger partial charge in [0.25, 0.3) is 0 Å². The van der Waals surface area contributed by atoms with E-state index in [2.05, 4.69) is 49.9 Å². The molecule has 0 aromatic carbocycles. The van der Waals surface area contributed by atoms with Crippen molar-refractivity contribution in [2.75, 3.05) is 25.5 Å². The molecule has 8 nitrogen and oxygen atoms in total. The van der Waals surface area contributed by atoms with Crippen molar-refractivity contribution in [2.24, 2.45) is 23.9 Å². The standard InChI is InChI=1S/C19H32N8/c1-13(2)14-5-7-15(8-6-14)26-19(20-3)22-10-9-21-17-16-11-25-27(4)18(16)24-12-23-17/h11-15H,5-10H2,1-4H3,(H2,20,22,26)(H,21,23,24). The Kier molecular flexibility index (Phi) is 6.47. The van der Waals surface area contributed by atoms with E-state index in [1.54, 1.807) is 17.2 Å². The summed E-state index contributed by atoms with van der Waals surface area (Å²) in [5, 5.41) is 15.5. The molecular weight excluding hydrogens is 340 g/mol. The number of fused-ring (bicyclic) bond motifs is 1. The third-order valence-corrected chi connectivity index (χ3v) is 5.52. The predicted molar refractivity (Wildman–Crippen MR) is 110 cm³/mol. The highest BCUT2D eigenvalue weighted by atomic mass is 15.3. The van der Waals surface area contributed by atoms with Crippen LogP contribution in [0.1, 0.15) is 39.5 Å². The van der Waals surface area contributed by atoms with Crippen LogP contribution >= 0.6 is 0 Å². The van der Waals surface area contributed by atoms with E-state index < -0.39 is 0 Å². The molecule has 1 fully saturated rings. The van der Waals surface area contributed by atoms with Gasteiger partial charge in [-0.2, -0.15) is 5.10 Å². The lowest BCUT2D eigenvalue weighted by Gasteiger charge is -2.32. The minimum absolute atomic E-state index is 0.524. The summed E-state index contributed by atoms with van der Waals surface area (Å²) in [4.78, 5) is 12.9. The lowest BCUT2D eigenvalue weighted by atomic mass is 9.80. The van der Waals surface area contributed by atoms with E-state index in [9.17, 15) is 0 Å². The molecule has 3 N–H and O–H groups in total. The first-order valence-corrected chi connectivity index (χ1v) is 9.92. The third-order valence-electron chi connectivity index (χ3n) is 5.52. The van der Waals surface area contributed by atoms with Crippen LogP contribution in [-0.4, -0.2) is 51.9 Å². The van der Waals surface area contributed by atoms with Crippen LogP contribution in [-0.2, 0) is 7.05 Å². The zero-order chi connectivity index (χ0) is 19.2. The first-order chi connectivity index (χ1) is 13.1. The van der Waals surface area contributed by atoms with Crippen LogP contribution < -0.4 is 16.0 Å². The smallest absolute Gasteiger partial charge is 0.191 e. The molecule has 0 amide bonds. The van der Waals surface area contributed by atoms with Crippen LogP contribution in [0.4, 0.5) is 5.82 Å². The lowest BCUT2D eigenvalue weighted by molar-refractivity contribution is 0.250. The summed E-state index contributed by atoms with van der Waals surface area (Å²) in [5.41, 5.74) is 0.829. The molecule has 0 aliphatic heterocycles. The summed E-state index contributed by atoms with van der Waals surface area (Å²) in [6, 6.07) is 0.524. The summed E-state index contributed by atoms with van der Waals surface area (Å²) < 4.78 is 1.75. The van der Waals surface area contributed by atoms with Gasteiger partial charge in [0.05, 0.1) is 11.6 Å². The number of nitrogens with one attached hydrogen (secondary N) is 3. The molecule has 3 rings (SSSR count). The van der Waals surface area contributed by atoms with Gasteiger partial charge in [0.2, 0.25) is 0 Å². The number of aryl methyl sites for hydroxylation is 1. The van der Waals surface area contributed by atoms with Crippen molar-refractivity contribution < 1.29 is 0 Å². The molecule has 2 aromatic rings. The largest absolute Gasteiger partial charge is 0.368 e. The van der Waals surface area contributed by atoms with Gasteiger partial charge >= 0.3 is 0 Å². The minimum atomic E-state index is 0.524. The molecular formula is C19H32N8. The quantitative estimate of drug-likeness (QED) is 0.409. The molecule has 0 spiro atoms. The molecule has 1 saturated carbocycles. The zero-order valence-corrected chi connectivity index (χ0v) is 16.9. The lowest BCUT2D eigenvalue weighted by Crippen LogP contribution is -2.46. The average molecular weight is 373 g/mol. The van der Waals surface area contributed by atoms with Gasteiger partial charge in [-0.3, -0.25) is 9.67 Å². The topological polar surface area (TPSA) is 92.1 Å². The highest BCUT2D eigenvalue weighted by molar-refractivity contribution is 5.86. The molecule has 2 heterocycles. The second-order valence-corrected chi connectivity index (χ2v) is 7.65. The highest BCUT2D eigenvalue weighted by Crippen LogP contribution is 2.29. The van der Waals surface area contributed by atoms with Crippen molar-refractivity contribution in [3.63, 3.8) is 0 Å². The number of aromatic nitrogens is 4. The molecule has 0 saturated heterocycles. The average Bonchev–Trinajstić information content (AvgIpc) is 3.06. The molecule has 0 atom stereocenters. The van der Waals surface area contributed by atoms with Crippen molar-refractivity contribution in [3.8, 4) is 0 Å². The summed E-state index contributed by atoms with van der Waals surface area (Å²) in [5.74, 6) is 3.35. The molecule has 148 valence electrons. The monoisotopic (exact) mass is 372 g/mol. The van der Waals surface area contributed by atoms with Gasteiger partial charge < -0.3 is 16.0 Å². The minimum Gasteiger partial charge on any atom is -0.368 e. The Balaban J connectivity index is 1.42. The first-order valence-electron chi connectivity index (χ1n) is 9.92. The Morgan fingerprint density at radius 2 is 2.00 bits per heavy atom. The van der Waals surface area contributed by atoms with Gasteiger partial charge in [-0.15, -0.1) is 0 Å². The Morgan fingerprint density at radius 1 is 1.22 bits per heavy atom. The van der Waals surface area contributed by atoms with Crippen molar-refractivity contribution in [2.45, 2.75) is 45.6 Å². The van der Waals surface area contributed by atoms with E-state index >= 15 is 0 Å². The van der Waals surface area contributed by atoms with Crippen LogP contribution in [0.25, 0.3) is 11.0 Å². The maximum Gasteiger partial charge on any atom is 0.191 e. The molecule has 0 unspecified atom stereocenters. The molecule has 0 bridgehead atoms. The fraction of sp³-hybridized carbons (Fsp3) is 0.684. The van der Waals surface area contributed by atoms with Gasteiger partial charge in [0.15, 0.2) is 11.6 Å². The van der Waals surface area contributed by atoms with E-state index in [4.69, 9.17) is 0 Å². The van der Waals surface area contributed by atoms with Crippen LogP contribution in [0.15, 0.2) is 17.5 Å². The SMILES string of the molecule is CN=C(NCCNc1ncnc2c1cnn2C)NC1CCC(C(C)C)CC1. The molecule has 2 aromatic heterocycles. The van der Waals surface area contributed by atoms with E-state index in [-0.39, 0.29) is 0 Å². The number of anilines is 1. The van der Waals surface area contributed by atoms with Gasteiger partial charge in [-0.05, 0) is 37.5 Å². The van der Waals surface area contributed by atoms with E-state index in [0.717, 1.165) is 47.7 Å². The van der Waals surface area contributed by atoms with Crippen LogP contribution in [0, 0.1) is 11.8 Å². The molecule has 1 aliphatic carbocycles. The van der Waals surface area contributed by atoms with Gasteiger partial charge in [0, 0.05) is 33.2 Å². The van der Waals surface area contributed by atoms with Crippen molar-refractivity contribution in [3.05, 3.63) is 12.5 Å². The maximum absolute atomic E-state index is 4.36. The van der Waals surface area contributed by atoms with Gasteiger partial charge in [0.1, 0.15) is 12.1 Å². The van der Waals surface area contributed by atoms with E-state index in [1.807, 2.05) is 14.1 Å². The van der Waals surface area contributed by atoms with Crippen LogP contribution in [0.5, 0.6) is 0 Å². The van der Waals surface area contributed by atoms with Crippen LogP contribution in [0.3, 0.4) is 0 Å². The fourth-order valence-corrected chi connectivity index (χ4v) is 3.78. The molecule has 8 heteroatoms. The fourth-order valence-electron chi connectivity index (χ4n) is 3.78. The molecule has 1 aliphatic rings.